The van der Waals surface area contributed by atoms with E-state index in [-0.39, 0.29) is 18.6 Å². The van der Waals surface area contributed by atoms with Gasteiger partial charge in [-0.2, -0.15) is 0 Å². The van der Waals surface area contributed by atoms with E-state index in [0.717, 1.165) is 0 Å². The fraction of sp³-hybridized carbons (Fsp3) is 0.615. The van der Waals surface area contributed by atoms with E-state index in [1.165, 1.54) is 6.08 Å². The van der Waals surface area contributed by atoms with E-state index in [2.05, 4.69) is 5.32 Å². The maximum absolute atomic E-state index is 11.7. The van der Waals surface area contributed by atoms with E-state index < -0.39 is 48.6 Å². The van der Waals surface area contributed by atoms with Gasteiger partial charge >= 0.3 is 17.9 Å². The van der Waals surface area contributed by atoms with Gasteiger partial charge in [0.15, 0.2) is 0 Å². The first kappa shape index (κ1) is 18.1. The number of carbonyl (C=O) groups excluding carboxylic acids is 1. The fourth-order valence-corrected chi connectivity index (χ4v) is 2.19. The number of nitrogens with one attached hydrogen (secondary N) is 1. The summed E-state index contributed by atoms with van der Waals surface area (Å²) in [5.74, 6) is -3.26. The van der Waals surface area contributed by atoms with Gasteiger partial charge in [-0.1, -0.05) is 0 Å². The summed E-state index contributed by atoms with van der Waals surface area (Å²) in [6, 6.07) is -3.00. The summed E-state index contributed by atoms with van der Waals surface area (Å²) in [6.45, 7) is 1.79. The number of esters is 1. The molecule has 1 aliphatic rings. The van der Waals surface area contributed by atoms with Crippen molar-refractivity contribution in [2.45, 2.75) is 44.0 Å². The molecule has 124 valence electrons. The molecule has 0 heterocycles. The minimum Gasteiger partial charge on any atom is -0.481 e. The minimum atomic E-state index is -1.37. The maximum atomic E-state index is 11.7. The van der Waals surface area contributed by atoms with Gasteiger partial charge in [-0.15, -0.1) is 0 Å². The molecule has 0 bridgehead atoms. The van der Waals surface area contributed by atoms with Crippen molar-refractivity contribution >= 4 is 17.9 Å². The molecule has 9 heteroatoms. The number of ether oxygens (including phenoxy) is 1. The number of carbonyl (C=O) groups is 3. The molecule has 4 atom stereocenters. The van der Waals surface area contributed by atoms with Gasteiger partial charge in [0.25, 0.3) is 0 Å². The predicted molar refractivity (Wildman–Crippen MR) is 73.9 cm³/mol. The van der Waals surface area contributed by atoms with Crippen LogP contribution in [0, 0.1) is 0 Å². The zero-order chi connectivity index (χ0) is 16.9. The second-order valence-electron chi connectivity index (χ2n) is 4.95. The van der Waals surface area contributed by atoms with Crippen LogP contribution in [0.4, 0.5) is 0 Å². The SMILES string of the molecule is CCOC(=O)C1=C[C@@H](O)[C@H](N)[C@@H](NC(CC(=O)O)C(=O)O)C1. The molecule has 1 unspecified atom stereocenters. The quantitative estimate of drug-likeness (QED) is 0.350. The molecule has 0 aliphatic heterocycles. The van der Waals surface area contributed by atoms with Crippen molar-refractivity contribution in [3.8, 4) is 0 Å². The lowest BCUT2D eigenvalue weighted by Crippen LogP contribution is -2.58. The number of carboxylic acids is 2. The molecule has 0 spiro atoms. The highest BCUT2D eigenvalue weighted by molar-refractivity contribution is 5.89. The van der Waals surface area contributed by atoms with E-state index in [1.54, 1.807) is 6.92 Å². The second-order valence-corrected chi connectivity index (χ2v) is 4.95. The Hall–Kier alpha value is -1.97. The summed E-state index contributed by atoms with van der Waals surface area (Å²) in [5, 5.41) is 30.2. The Bertz CT molecular complexity index is 477. The van der Waals surface area contributed by atoms with Gasteiger partial charge in [0.1, 0.15) is 6.04 Å². The zero-order valence-corrected chi connectivity index (χ0v) is 12.1. The van der Waals surface area contributed by atoms with Crippen LogP contribution < -0.4 is 11.1 Å². The average molecular weight is 316 g/mol. The molecule has 0 aromatic rings. The highest BCUT2D eigenvalue weighted by Gasteiger charge is 2.35. The second kappa shape index (κ2) is 7.87. The van der Waals surface area contributed by atoms with Gasteiger partial charge < -0.3 is 25.8 Å². The van der Waals surface area contributed by atoms with Crippen molar-refractivity contribution in [3.63, 3.8) is 0 Å². The van der Waals surface area contributed by atoms with Crippen LogP contribution in [0.3, 0.4) is 0 Å². The van der Waals surface area contributed by atoms with Crippen LogP contribution in [0.25, 0.3) is 0 Å². The van der Waals surface area contributed by atoms with Crippen molar-refractivity contribution in [2.75, 3.05) is 6.61 Å². The van der Waals surface area contributed by atoms with Crippen LogP contribution in [-0.2, 0) is 19.1 Å². The first-order valence-electron chi connectivity index (χ1n) is 6.78. The molecule has 0 saturated heterocycles. The predicted octanol–water partition coefficient (Wildman–Crippen LogP) is -1.55. The smallest absolute Gasteiger partial charge is 0.333 e. The molecule has 0 aromatic carbocycles. The van der Waals surface area contributed by atoms with Gasteiger partial charge in [-0.05, 0) is 19.4 Å². The molecule has 0 amide bonds. The monoisotopic (exact) mass is 316 g/mol. The summed E-state index contributed by atoms with van der Waals surface area (Å²) in [6.07, 6.45) is -0.494. The Morgan fingerprint density at radius 2 is 2.09 bits per heavy atom. The Morgan fingerprint density at radius 1 is 1.45 bits per heavy atom. The van der Waals surface area contributed by atoms with Crippen LogP contribution in [0.2, 0.25) is 0 Å². The molecule has 1 aliphatic carbocycles. The third kappa shape index (κ3) is 4.79. The molecule has 1 rings (SSSR count). The third-order valence-corrected chi connectivity index (χ3v) is 3.30. The first-order chi connectivity index (χ1) is 10.3. The number of nitrogens with two attached hydrogens (primary N) is 1. The number of hydrogen-bond acceptors (Lipinski definition) is 7. The fourth-order valence-electron chi connectivity index (χ4n) is 2.19. The zero-order valence-electron chi connectivity index (χ0n) is 12.1. The number of aliphatic hydroxyl groups is 1. The molecular formula is C13H20N2O7. The van der Waals surface area contributed by atoms with Crippen LogP contribution >= 0.6 is 0 Å². The van der Waals surface area contributed by atoms with E-state index in [9.17, 15) is 19.5 Å². The standard InChI is InChI=1S/C13H20N2O7/c1-2-22-13(21)6-3-7(11(14)9(16)4-6)15-8(12(19)20)5-10(17)18/h4,7-9,11,15-16H,2-3,5,14H2,1H3,(H,17,18)(H,19,20)/t7-,8?,9+,11+/m0/s1. The van der Waals surface area contributed by atoms with E-state index >= 15 is 0 Å². The van der Waals surface area contributed by atoms with Crippen LogP contribution in [0.5, 0.6) is 0 Å². The van der Waals surface area contributed by atoms with Gasteiger partial charge in [0, 0.05) is 17.7 Å². The molecular weight excluding hydrogens is 296 g/mol. The van der Waals surface area contributed by atoms with Crippen LogP contribution in [0.15, 0.2) is 11.6 Å². The Labute approximate surface area is 126 Å². The van der Waals surface area contributed by atoms with Crippen LogP contribution in [0.1, 0.15) is 19.8 Å². The molecule has 0 saturated carbocycles. The van der Waals surface area contributed by atoms with Gasteiger partial charge in [0.2, 0.25) is 0 Å². The van der Waals surface area contributed by atoms with E-state index in [1.807, 2.05) is 0 Å². The molecule has 0 radical (unpaired) electrons. The molecule has 6 N–H and O–H groups in total. The number of carboxylic acid groups (broad SMARTS) is 2. The van der Waals surface area contributed by atoms with Crippen molar-refractivity contribution in [1.29, 1.82) is 0 Å². The largest absolute Gasteiger partial charge is 0.481 e. The Kier molecular flexibility index (Phi) is 6.47. The number of rotatable bonds is 7. The van der Waals surface area contributed by atoms with E-state index in [0.29, 0.717) is 0 Å². The van der Waals surface area contributed by atoms with Gasteiger partial charge in [-0.25, -0.2) is 4.79 Å². The molecule has 0 fully saturated rings. The molecule has 0 aromatic heterocycles. The first-order valence-corrected chi connectivity index (χ1v) is 6.78. The van der Waals surface area contributed by atoms with Gasteiger partial charge in [-0.3, -0.25) is 14.9 Å². The lowest BCUT2D eigenvalue weighted by molar-refractivity contribution is -0.146. The topological polar surface area (TPSA) is 159 Å². The van der Waals surface area contributed by atoms with Crippen molar-refractivity contribution in [2.24, 2.45) is 5.73 Å². The van der Waals surface area contributed by atoms with Crippen molar-refractivity contribution in [1.82, 2.24) is 5.32 Å². The summed E-state index contributed by atoms with van der Waals surface area (Å²) in [7, 11) is 0. The minimum absolute atomic E-state index is 0.0421. The van der Waals surface area contributed by atoms with Crippen molar-refractivity contribution in [3.05, 3.63) is 11.6 Å². The highest BCUT2D eigenvalue weighted by atomic mass is 16.5. The lowest BCUT2D eigenvalue weighted by Gasteiger charge is -2.33. The van der Waals surface area contributed by atoms with Crippen molar-refractivity contribution < 1.29 is 34.4 Å². The highest BCUT2D eigenvalue weighted by Crippen LogP contribution is 2.20. The number of hydrogen-bond donors (Lipinski definition) is 5. The summed E-state index contributed by atoms with van der Waals surface area (Å²) in [5.41, 5.74) is 5.96. The Morgan fingerprint density at radius 3 is 2.59 bits per heavy atom. The summed E-state index contributed by atoms with van der Waals surface area (Å²) < 4.78 is 4.83. The normalized spacial score (nSPS) is 26.0. The Balaban J connectivity index is 2.85. The summed E-state index contributed by atoms with van der Waals surface area (Å²) >= 11 is 0. The number of aliphatic hydroxyl groups excluding tert-OH is 1. The van der Waals surface area contributed by atoms with E-state index in [4.69, 9.17) is 20.7 Å². The molecule has 22 heavy (non-hydrogen) atoms. The van der Waals surface area contributed by atoms with Crippen LogP contribution in [-0.4, -0.2) is 64.1 Å². The average Bonchev–Trinajstić information content (AvgIpc) is 2.42. The summed E-state index contributed by atoms with van der Waals surface area (Å²) in [4.78, 5) is 33.5. The lowest BCUT2D eigenvalue weighted by atomic mass is 9.88. The third-order valence-electron chi connectivity index (χ3n) is 3.30. The maximum Gasteiger partial charge on any atom is 0.333 e. The van der Waals surface area contributed by atoms with Gasteiger partial charge in [0.05, 0.1) is 19.1 Å². The molecule has 9 nitrogen and oxygen atoms in total. The number of aliphatic carboxylic acids is 2.